The highest BCUT2D eigenvalue weighted by Crippen LogP contribution is 2.20. The summed E-state index contributed by atoms with van der Waals surface area (Å²) in [5.74, 6) is 0.121. The zero-order chi connectivity index (χ0) is 20.0. The Balaban J connectivity index is 1.58. The monoisotopic (exact) mass is 414 g/mol. The SMILES string of the molecule is O=C(CCc1cccnc1)Cc1ccc(NS(=O)(=O)c2cccc(Cl)c2)cc1. The number of aromatic nitrogens is 1. The first-order chi connectivity index (χ1) is 13.4. The van der Waals surface area contributed by atoms with Crippen molar-refractivity contribution in [2.75, 3.05) is 4.72 Å². The fourth-order valence-electron chi connectivity index (χ4n) is 2.68. The highest BCUT2D eigenvalue weighted by Gasteiger charge is 2.14. The molecule has 0 aliphatic carbocycles. The molecule has 7 heteroatoms. The van der Waals surface area contributed by atoms with Crippen LogP contribution in [0.4, 0.5) is 5.69 Å². The van der Waals surface area contributed by atoms with Gasteiger partial charge in [-0.2, -0.15) is 0 Å². The third-order valence-corrected chi connectivity index (χ3v) is 5.74. The number of ketones is 1. The van der Waals surface area contributed by atoms with Crippen LogP contribution in [0.5, 0.6) is 0 Å². The van der Waals surface area contributed by atoms with Crippen LogP contribution in [0.2, 0.25) is 5.02 Å². The van der Waals surface area contributed by atoms with Crippen LogP contribution in [-0.4, -0.2) is 19.2 Å². The van der Waals surface area contributed by atoms with Crippen LogP contribution in [0.1, 0.15) is 17.5 Å². The highest BCUT2D eigenvalue weighted by molar-refractivity contribution is 7.92. The van der Waals surface area contributed by atoms with Gasteiger partial charge in [0.25, 0.3) is 10.0 Å². The number of Topliss-reactive ketones (excluding diaryl/α,β-unsaturated/α-hetero) is 1. The molecule has 0 aliphatic heterocycles. The van der Waals surface area contributed by atoms with Gasteiger partial charge in [0.15, 0.2) is 0 Å². The van der Waals surface area contributed by atoms with Gasteiger partial charge in [-0.25, -0.2) is 8.42 Å². The molecule has 1 N–H and O–H groups in total. The van der Waals surface area contributed by atoms with E-state index < -0.39 is 10.0 Å². The second kappa shape index (κ2) is 8.99. The molecule has 0 saturated heterocycles. The Hall–Kier alpha value is -2.70. The van der Waals surface area contributed by atoms with Gasteiger partial charge in [0, 0.05) is 35.9 Å². The molecule has 1 aromatic heterocycles. The van der Waals surface area contributed by atoms with Crippen LogP contribution in [0.15, 0.2) is 78.0 Å². The maximum atomic E-state index is 12.4. The molecular formula is C21H19ClN2O3S. The molecule has 144 valence electrons. The lowest BCUT2D eigenvalue weighted by Gasteiger charge is -2.09. The van der Waals surface area contributed by atoms with Gasteiger partial charge < -0.3 is 0 Å². The number of hydrogen-bond acceptors (Lipinski definition) is 4. The topological polar surface area (TPSA) is 76.1 Å². The molecule has 0 bridgehead atoms. The summed E-state index contributed by atoms with van der Waals surface area (Å²) < 4.78 is 27.3. The molecule has 5 nitrogen and oxygen atoms in total. The number of benzene rings is 2. The van der Waals surface area contributed by atoms with Crippen molar-refractivity contribution in [1.82, 2.24) is 4.98 Å². The van der Waals surface area contributed by atoms with Gasteiger partial charge >= 0.3 is 0 Å². The molecule has 0 aliphatic rings. The molecule has 28 heavy (non-hydrogen) atoms. The van der Waals surface area contributed by atoms with Crippen molar-refractivity contribution >= 4 is 33.1 Å². The van der Waals surface area contributed by atoms with Crippen LogP contribution in [0, 0.1) is 0 Å². The molecule has 3 aromatic rings. The van der Waals surface area contributed by atoms with Crippen molar-refractivity contribution in [1.29, 1.82) is 0 Å². The van der Waals surface area contributed by atoms with Gasteiger partial charge in [0.05, 0.1) is 4.90 Å². The van der Waals surface area contributed by atoms with Crippen LogP contribution in [-0.2, 0) is 27.7 Å². The average molecular weight is 415 g/mol. The summed E-state index contributed by atoms with van der Waals surface area (Å²) in [5.41, 5.74) is 2.29. The fourth-order valence-corrected chi connectivity index (χ4v) is 4.04. The number of sulfonamides is 1. The van der Waals surface area contributed by atoms with E-state index in [4.69, 9.17) is 11.6 Å². The predicted octanol–water partition coefficient (Wildman–Crippen LogP) is 4.28. The van der Waals surface area contributed by atoms with E-state index in [1.165, 1.54) is 12.1 Å². The average Bonchev–Trinajstić information content (AvgIpc) is 2.68. The molecule has 0 atom stereocenters. The molecule has 3 rings (SSSR count). The van der Waals surface area contributed by atoms with Crippen LogP contribution in [0.25, 0.3) is 0 Å². The van der Waals surface area contributed by atoms with Gasteiger partial charge in [-0.15, -0.1) is 0 Å². The van der Waals surface area contributed by atoms with Crippen molar-refractivity contribution in [3.05, 3.63) is 89.2 Å². The first-order valence-corrected chi connectivity index (χ1v) is 10.6. The zero-order valence-corrected chi connectivity index (χ0v) is 16.6. The maximum absolute atomic E-state index is 12.4. The third kappa shape index (κ3) is 5.65. The Morgan fingerprint density at radius 1 is 1.00 bits per heavy atom. The lowest BCUT2D eigenvalue weighted by molar-refractivity contribution is -0.118. The summed E-state index contributed by atoms with van der Waals surface area (Å²) in [7, 11) is -3.72. The number of carbonyl (C=O) groups excluding carboxylic acids is 1. The minimum absolute atomic E-state index is 0.0923. The normalized spacial score (nSPS) is 11.2. The molecule has 0 saturated carbocycles. The van der Waals surface area contributed by atoms with E-state index in [-0.39, 0.29) is 10.7 Å². The second-order valence-corrected chi connectivity index (χ2v) is 8.46. The standard InChI is InChI=1S/C21H19ClN2O3S/c22-18-4-1-5-21(14-18)28(26,27)24-19-9-6-16(7-10-19)13-20(25)11-8-17-3-2-12-23-15-17/h1-7,9-10,12,14-15,24H,8,11,13H2. The maximum Gasteiger partial charge on any atom is 0.261 e. The molecular weight excluding hydrogens is 396 g/mol. The van der Waals surface area contributed by atoms with E-state index >= 15 is 0 Å². The van der Waals surface area contributed by atoms with Crippen molar-refractivity contribution in [2.24, 2.45) is 0 Å². The Bertz CT molecular complexity index is 1050. The zero-order valence-electron chi connectivity index (χ0n) is 15.0. The summed E-state index contributed by atoms with van der Waals surface area (Å²) in [6, 6.07) is 16.6. The molecule has 2 aromatic carbocycles. The van der Waals surface area contributed by atoms with Crippen LogP contribution >= 0.6 is 11.6 Å². The fraction of sp³-hybridized carbons (Fsp3) is 0.143. The number of rotatable bonds is 8. The minimum Gasteiger partial charge on any atom is -0.299 e. The molecule has 0 radical (unpaired) electrons. The Kier molecular flexibility index (Phi) is 6.44. The summed E-state index contributed by atoms with van der Waals surface area (Å²) in [6.45, 7) is 0. The van der Waals surface area contributed by atoms with Crippen molar-refractivity contribution in [3.63, 3.8) is 0 Å². The van der Waals surface area contributed by atoms with Gasteiger partial charge in [0.1, 0.15) is 5.78 Å². The van der Waals surface area contributed by atoms with E-state index in [9.17, 15) is 13.2 Å². The Morgan fingerprint density at radius 3 is 2.46 bits per heavy atom. The Morgan fingerprint density at radius 2 is 1.79 bits per heavy atom. The number of nitrogens with zero attached hydrogens (tertiary/aromatic N) is 1. The number of hydrogen-bond donors (Lipinski definition) is 1. The van der Waals surface area contributed by atoms with Crippen molar-refractivity contribution in [2.45, 2.75) is 24.2 Å². The van der Waals surface area contributed by atoms with E-state index in [1.807, 2.05) is 12.1 Å². The van der Waals surface area contributed by atoms with Crippen molar-refractivity contribution < 1.29 is 13.2 Å². The van der Waals surface area contributed by atoms with E-state index in [0.717, 1.165) is 11.1 Å². The lowest BCUT2D eigenvalue weighted by atomic mass is 10.0. The molecule has 0 fully saturated rings. The molecule has 0 amide bonds. The number of nitrogens with one attached hydrogen (secondary N) is 1. The number of carbonyl (C=O) groups is 1. The summed E-state index contributed by atoms with van der Waals surface area (Å²) in [4.78, 5) is 16.3. The van der Waals surface area contributed by atoms with Gasteiger partial charge in [0.2, 0.25) is 0 Å². The molecule has 1 heterocycles. The number of pyridine rings is 1. The quantitative estimate of drug-likeness (QED) is 0.596. The van der Waals surface area contributed by atoms with Crippen LogP contribution < -0.4 is 4.72 Å². The summed E-state index contributed by atoms with van der Waals surface area (Å²) >= 11 is 5.86. The molecule has 0 spiro atoms. The first kappa shape index (κ1) is 20.0. The van der Waals surface area contributed by atoms with Gasteiger partial charge in [-0.3, -0.25) is 14.5 Å². The lowest BCUT2D eigenvalue weighted by Crippen LogP contribution is -2.13. The number of anilines is 1. The summed E-state index contributed by atoms with van der Waals surface area (Å²) in [6.07, 6.45) is 4.86. The van der Waals surface area contributed by atoms with Crippen molar-refractivity contribution in [3.8, 4) is 0 Å². The van der Waals surface area contributed by atoms with E-state index in [1.54, 1.807) is 48.8 Å². The third-order valence-electron chi connectivity index (χ3n) is 4.13. The highest BCUT2D eigenvalue weighted by atomic mass is 35.5. The largest absolute Gasteiger partial charge is 0.299 e. The first-order valence-electron chi connectivity index (χ1n) is 8.70. The minimum atomic E-state index is -3.72. The van der Waals surface area contributed by atoms with Gasteiger partial charge in [-0.1, -0.05) is 35.9 Å². The number of halogens is 1. The predicted molar refractivity (Wildman–Crippen MR) is 110 cm³/mol. The summed E-state index contributed by atoms with van der Waals surface area (Å²) in [5, 5.41) is 0.350. The number of aryl methyl sites for hydroxylation is 1. The Labute approximate surface area is 169 Å². The second-order valence-electron chi connectivity index (χ2n) is 6.34. The van der Waals surface area contributed by atoms with E-state index in [2.05, 4.69) is 9.71 Å². The van der Waals surface area contributed by atoms with Gasteiger partial charge in [-0.05, 0) is 53.9 Å². The van der Waals surface area contributed by atoms with E-state index in [0.29, 0.717) is 30.0 Å². The smallest absolute Gasteiger partial charge is 0.261 e. The molecule has 0 unspecified atom stereocenters. The van der Waals surface area contributed by atoms with Crippen LogP contribution in [0.3, 0.4) is 0 Å².